The normalized spacial score (nSPS) is 10.5. The zero-order valence-electron chi connectivity index (χ0n) is 32.1. The minimum Gasteiger partial charge on any atom is -0.478 e. The Labute approximate surface area is 360 Å². The van der Waals surface area contributed by atoms with Crippen LogP contribution >= 0.6 is 23.2 Å². The molecular formula is C40H38Cl2N8O12. The summed E-state index contributed by atoms with van der Waals surface area (Å²) < 4.78 is 3.80. The fourth-order valence-corrected chi connectivity index (χ4v) is 5.21. The molecule has 0 atom stereocenters. The highest BCUT2D eigenvalue weighted by atomic mass is 35.5. The van der Waals surface area contributed by atoms with E-state index in [1.54, 1.807) is 12.4 Å². The second-order valence-corrected chi connectivity index (χ2v) is 12.3. The predicted octanol–water partition coefficient (Wildman–Crippen LogP) is 4.56. The van der Waals surface area contributed by atoms with E-state index in [0.29, 0.717) is 72.7 Å². The molecule has 6 aromatic rings. The third-order valence-corrected chi connectivity index (χ3v) is 7.81. The van der Waals surface area contributed by atoms with Crippen molar-refractivity contribution in [1.82, 2.24) is 29.5 Å². The van der Waals surface area contributed by atoms with Gasteiger partial charge in [-0.15, -0.1) is 0 Å². The minimum atomic E-state index is -1.26. The maximum Gasteiger partial charge on any atom is 0.328 e. The standard InChI is InChI=1S/2C14H13ClN4.3C4H4O4/c2*15-12-4-2-1-3-10(12)14-11-9-17-7-5-13(11)19(18-14)8-6-16;3*5-3(6)1-2-4(7)8/h2*1-5,7,9H,6,8,16H2;3*1-2H,(H,5,6)(H,7,8)/b;;3*2-1+. The molecule has 0 saturated heterocycles. The van der Waals surface area contributed by atoms with Crippen molar-refractivity contribution in [2.24, 2.45) is 11.5 Å². The number of hydrogen-bond donors (Lipinski definition) is 8. The smallest absolute Gasteiger partial charge is 0.328 e. The van der Waals surface area contributed by atoms with E-state index in [1.165, 1.54) is 0 Å². The molecule has 10 N–H and O–H groups in total. The molecule has 0 spiro atoms. The van der Waals surface area contributed by atoms with Crippen LogP contribution in [-0.2, 0) is 41.9 Å². The minimum absolute atomic E-state index is 0.543. The monoisotopic (exact) mass is 892 g/mol. The number of carboxylic acids is 6. The van der Waals surface area contributed by atoms with E-state index in [2.05, 4.69) is 20.2 Å². The highest BCUT2D eigenvalue weighted by Gasteiger charge is 2.15. The van der Waals surface area contributed by atoms with Crippen molar-refractivity contribution in [2.75, 3.05) is 13.1 Å². The van der Waals surface area contributed by atoms with E-state index in [0.717, 1.165) is 44.3 Å². The summed E-state index contributed by atoms with van der Waals surface area (Å²) in [5, 5.41) is 59.5. The Hall–Kier alpha value is -7.78. The van der Waals surface area contributed by atoms with Crippen LogP contribution in [0.1, 0.15) is 0 Å². The van der Waals surface area contributed by atoms with Crippen LogP contribution in [0.15, 0.2) is 122 Å². The van der Waals surface area contributed by atoms with Gasteiger partial charge in [0.2, 0.25) is 0 Å². The number of carbonyl (C=O) groups is 6. The number of nitrogens with zero attached hydrogens (tertiary/aromatic N) is 6. The molecule has 4 heterocycles. The molecule has 0 unspecified atom stereocenters. The van der Waals surface area contributed by atoms with Crippen LogP contribution in [0.25, 0.3) is 44.3 Å². The number of hydrogen-bond acceptors (Lipinski definition) is 12. The van der Waals surface area contributed by atoms with Gasteiger partial charge in [0.1, 0.15) is 11.4 Å². The van der Waals surface area contributed by atoms with E-state index in [-0.39, 0.29) is 0 Å². The first-order chi connectivity index (χ1) is 29.5. The summed E-state index contributed by atoms with van der Waals surface area (Å²) in [6.07, 6.45) is 10.5. The SMILES string of the molecule is NCCn1nc(-c2ccccc2Cl)c2cnccc21.NCCn1nc(-c2ccccc2Cl)c2cnccc21.O=C(O)/C=C/C(=O)O.O=C(O)/C=C/C(=O)O.O=C(O)/C=C/C(=O)O. The Kier molecular flexibility index (Phi) is 21.4. The number of halogens is 2. The number of carboxylic acid groups (broad SMARTS) is 6. The molecule has 0 saturated carbocycles. The quantitative estimate of drug-likeness (QED) is 0.0781. The van der Waals surface area contributed by atoms with E-state index in [4.69, 9.17) is 65.3 Å². The van der Waals surface area contributed by atoms with Crippen molar-refractivity contribution in [1.29, 1.82) is 0 Å². The summed E-state index contributed by atoms with van der Waals surface area (Å²) >= 11 is 12.5. The van der Waals surface area contributed by atoms with Gasteiger partial charge < -0.3 is 42.1 Å². The highest BCUT2D eigenvalue weighted by molar-refractivity contribution is 6.34. The van der Waals surface area contributed by atoms with Crippen LogP contribution in [0.4, 0.5) is 0 Å². The molecule has 324 valence electrons. The van der Waals surface area contributed by atoms with Gasteiger partial charge in [-0.2, -0.15) is 10.2 Å². The van der Waals surface area contributed by atoms with Gasteiger partial charge in [-0.3, -0.25) is 19.3 Å². The zero-order valence-corrected chi connectivity index (χ0v) is 33.6. The lowest BCUT2D eigenvalue weighted by Crippen LogP contribution is -2.10. The average molecular weight is 894 g/mol. The molecule has 0 fully saturated rings. The lowest BCUT2D eigenvalue weighted by atomic mass is 10.1. The number of benzene rings is 2. The Bertz CT molecular complexity index is 2330. The first-order valence-corrected chi connectivity index (χ1v) is 18.2. The third kappa shape index (κ3) is 17.2. The summed E-state index contributed by atoms with van der Waals surface area (Å²) in [5.74, 6) is -7.54. The third-order valence-electron chi connectivity index (χ3n) is 7.15. The Morgan fingerprint density at radius 3 is 1.05 bits per heavy atom. The average Bonchev–Trinajstić information content (AvgIpc) is 3.78. The molecule has 4 aromatic heterocycles. The van der Waals surface area contributed by atoms with Crippen molar-refractivity contribution in [3.63, 3.8) is 0 Å². The van der Waals surface area contributed by atoms with Crippen molar-refractivity contribution >= 4 is 80.8 Å². The van der Waals surface area contributed by atoms with Gasteiger partial charge in [0, 0.05) is 96.2 Å². The molecule has 0 aliphatic rings. The van der Waals surface area contributed by atoms with Crippen LogP contribution in [0.2, 0.25) is 10.0 Å². The molecule has 0 aliphatic heterocycles. The first kappa shape index (κ1) is 50.4. The molecule has 6 rings (SSSR count). The van der Waals surface area contributed by atoms with Gasteiger partial charge in [-0.05, 0) is 24.3 Å². The van der Waals surface area contributed by atoms with Gasteiger partial charge in [0.05, 0.1) is 34.2 Å². The Morgan fingerprint density at radius 1 is 0.500 bits per heavy atom. The molecule has 22 heteroatoms. The maximum atomic E-state index is 9.55. The molecular weight excluding hydrogens is 855 g/mol. The zero-order chi connectivity index (χ0) is 46.2. The van der Waals surface area contributed by atoms with Crippen molar-refractivity contribution in [3.05, 3.63) is 132 Å². The molecule has 20 nitrogen and oxygen atoms in total. The van der Waals surface area contributed by atoms with Crippen molar-refractivity contribution in [3.8, 4) is 22.5 Å². The van der Waals surface area contributed by atoms with Crippen LogP contribution in [-0.4, -0.2) is 109 Å². The van der Waals surface area contributed by atoms with Crippen LogP contribution in [0.5, 0.6) is 0 Å². The number of aromatic nitrogens is 6. The second kappa shape index (κ2) is 26.3. The number of rotatable bonds is 12. The summed E-state index contributed by atoms with van der Waals surface area (Å²) in [4.78, 5) is 65.7. The largest absolute Gasteiger partial charge is 0.478 e. The number of fused-ring (bicyclic) bond motifs is 2. The molecule has 0 radical (unpaired) electrons. The van der Waals surface area contributed by atoms with E-state index >= 15 is 0 Å². The number of aliphatic carboxylic acids is 6. The molecule has 2 aromatic carbocycles. The van der Waals surface area contributed by atoms with Gasteiger partial charge >= 0.3 is 35.8 Å². The summed E-state index contributed by atoms with van der Waals surface area (Å²) in [6, 6.07) is 19.2. The number of pyridine rings is 2. The first-order valence-electron chi connectivity index (χ1n) is 17.4. The maximum absolute atomic E-state index is 9.55. The molecule has 0 bridgehead atoms. The predicted molar refractivity (Wildman–Crippen MR) is 227 cm³/mol. The fraction of sp³-hybridized carbons (Fsp3) is 0.100. The van der Waals surface area contributed by atoms with Crippen LogP contribution in [0, 0.1) is 0 Å². The molecule has 62 heavy (non-hydrogen) atoms. The Balaban J connectivity index is 0.000000287. The topological polar surface area (TPSA) is 337 Å². The summed E-state index contributed by atoms with van der Waals surface area (Å²) in [5.41, 5.74) is 16.8. The highest BCUT2D eigenvalue weighted by Crippen LogP contribution is 2.33. The van der Waals surface area contributed by atoms with E-state index < -0.39 is 35.8 Å². The van der Waals surface area contributed by atoms with Crippen molar-refractivity contribution in [2.45, 2.75) is 13.1 Å². The molecule has 0 aliphatic carbocycles. The number of nitrogens with two attached hydrogens (primary N) is 2. The van der Waals surface area contributed by atoms with Gasteiger partial charge in [0.25, 0.3) is 0 Å². The second-order valence-electron chi connectivity index (χ2n) is 11.5. The Morgan fingerprint density at radius 2 is 0.790 bits per heavy atom. The van der Waals surface area contributed by atoms with Gasteiger partial charge in [-0.1, -0.05) is 59.6 Å². The fourth-order valence-electron chi connectivity index (χ4n) is 4.76. The molecule has 0 amide bonds. The lowest BCUT2D eigenvalue weighted by Gasteiger charge is -2.00. The van der Waals surface area contributed by atoms with Gasteiger partial charge in [0.15, 0.2) is 0 Å². The van der Waals surface area contributed by atoms with Crippen LogP contribution in [0.3, 0.4) is 0 Å². The summed E-state index contributed by atoms with van der Waals surface area (Å²) in [6.45, 7) is 2.43. The van der Waals surface area contributed by atoms with Crippen molar-refractivity contribution < 1.29 is 59.4 Å². The summed E-state index contributed by atoms with van der Waals surface area (Å²) in [7, 11) is 0. The van der Waals surface area contributed by atoms with Gasteiger partial charge in [-0.25, -0.2) is 28.8 Å². The van der Waals surface area contributed by atoms with E-state index in [1.807, 2.05) is 82.4 Å². The lowest BCUT2D eigenvalue weighted by molar-refractivity contribution is -0.134. The van der Waals surface area contributed by atoms with Crippen LogP contribution < -0.4 is 11.5 Å². The van der Waals surface area contributed by atoms with E-state index in [9.17, 15) is 28.8 Å².